The number of hydrogen-bond donors (Lipinski definition) is 1. The van der Waals surface area contributed by atoms with Gasteiger partial charge in [-0.25, -0.2) is 4.79 Å². The Kier molecular flexibility index (Phi) is 13.5. The van der Waals surface area contributed by atoms with E-state index in [1.807, 2.05) is 0 Å². The highest BCUT2D eigenvalue weighted by Gasteiger charge is 2.67. The molecule has 2 saturated carbocycles. The van der Waals surface area contributed by atoms with Crippen molar-refractivity contribution >= 4 is 35.9 Å². The molecule has 2 aliphatic carbocycles. The van der Waals surface area contributed by atoms with Crippen molar-refractivity contribution in [1.82, 2.24) is 5.32 Å². The summed E-state index contributed by atoms with van der Waals surface area (Å²) >= 11 is 0. The lowest BCUT2D eigenvalue weighted by atomic mass is 10.0. The van der Waals surface area contributed by atoms with Gasteiger partial charge in [-0.2, -0.15) is 0 Å². The molecule has 0 heterocycles. The maximum atomic E-state index is 12.4. The summed E-state index contributed by atoms with van der Waals surface area (Å²) in [5, 5.41) is 2.55. The second kappa shape index (κ2) is 16.5. The van der Waals surface area contributed by atoms with Crippen LogP contribution < -0.4 is 5.32 Å². The second-order valence-electron chi connectivity index (χ2n) is 9.84. The van der Waals surface area contributed by atoms with Gasteiger partial charge < -0.3 is 33.7 Å². The van der Waals surface area contributed by atoms with E-state index in [1.165, 1.54) is 12.2 Å². The van der Waals surface area contributed by atoms with Gasteiger partial charge in [0, 0.05) is 24.8 Å². The number of carbonyl (C=O) groups excluding carboxylic acids is 6. The van der Waals surface area contributed by atoms with Gasteiger partial charge in [0.1, 0.15) is 26.4 Å². The Morgan fingerprint density at radius 1 is 0.667 bits per heavy atom. The van der Waals surface area contributed by atoms with E-state index in [0.29, 0.717) is 25.8 Å². The lowest BCUT2D eigenvalue weighted by Crippen LogP contribution is -2.33. The Hall–Kier alpha value is -3.90. The van der Waals surface area contributed by atoms with Crippen molar-refractivity contribution in [2.24, 2.45) is 22.7 Å². The highest BCUT2D eigenvalue weighted by atomic mass is 16.6. The minimum atomic E-state index is -1.36. The number of unbranched alkanes of at least 4 members (excludes halogenated alkanes) is 2. The third-order valence-electron chi connectivity index (χ3n) is 7.06. The first kappa shape index (κ1) is 34.3. The highest BCUT2D eigenvalue weighted by molar-refractivity contribution is 6.05. The molecule has 234 valence electrons. The average Bonchev–Trinajstić information content (AvgIpc) is 3.88. The number of alkyl carbamates (subject to hydrolysis) is 1. The van der Waals surface area contributed by atoms with Gasteiger partial charge in [-0.3, -0.25) is 24.0 Å². The van der Waals surface area contributed by atoms with Gasteiger partial charge in [0.15, 0.2) is 10.8 Å². The second-order valence-corrected chi connectivity index (χ2v) is 9.84. The van der Waals surface area contributed by atoms with E-state index < -0.39 is 46.8 Å². The molecule has 1 amide bonds. The van der Waals surface area contributed by atoms with E-state index in [0.717, 1.165) is 0 Å². The third-order valence-corrected chi connectivity index (χ3v) is 7.06. The minimum Gasteiger partial charge on any atom is -0.465 e. The zero-order valence-electron chi connectivity index (χ0n) is 24.3. The van der Waals surface area contributed by atoms with Crippen molar-refractivity contribution in [3.8, 4) is 0 Å². The summed E-state index contributed by atoms with van der Waals surface area (Å²) in [6, 6.07) is 0. The summed E-state index contributed by atoms with van der Waals surface area (Å²) in [6.07, 6.45) is 4.79. The van der Waals surface area contributed by atoms with Crippen LogP contribution in [0.3, 0.4) is 0 Å². The van der Waals surface area contributed by atoms with Crippen molar-refractivity contribution in [3.63, 3.8) is 0 Å². The molecule has 13 heteroatoms. The van der Waals surface area contributed by atoms with Crippen molar-refractivity contribution in [3.05, 3.63) is 25.3 Å². The van der Waals surface area contributed by atoms with Gasteiger partial charge >= 0.3 is 35.9 Å². The topological polar surface area (TPSA) is 170 Å². The van der Waals surface area contributed by atoms with Gasteiger partial charge in [-0.1, -0.05) is 18.6 Å². The number of esters is 5. The Bertz CT molecular complexity index is 946. The summed E-state index contributed by atoms with van der Waals surface area (Å²) in [5.74, 6) is -3.86. The molecule has 2 aliphatic rings. The molecule has 4 atom stereocenters. The van der Waals surface area contributed by atoms with Gasteiger partial charge in [-0.05, 0) is 39.5 Å². The first-order valence-corrected chi connectivity index (χ1v) is 14.1. The van der Waals surface area contributed by atoms with Crippen LogP contribution in [-0.4, -0.2) is 82.1 Å². The van der Waals surface area contributed by atoms with Crippen LogP contribution in [0.25, 0.3) is 0 Å². The van der Waals surface area contributed by atoms with Crippen LogP contribution in [0.4, 0.5) is 4.79 Å². The Labute approximate surface area is 245 Å². The maximum Gasteiger partial charge on any atom is 0.407 e. The van der Waals surface area contributed by atoms with Crippen LogP contribution in [0.15, 0.2) is 25.3 Å². The monoisotopic (exact) mass is 595 g/mol. The number of allylic oxidation sites excluding steroid dienone is 2. The lowest BCUT2D eigenvalue weighted by molar-refractivity contribution is -0.168. The number of ether oxygens (including phenoxy) is 6. The Morgan fingerprint density at radius 3 is 1.57 bits per heavy atom. The van der Waals surface area contributed by atoms with Gasteiger partial charge in [0.05, 0.1) is 13.2 Å². The van der Waals surface area contributed by atoms with E-state index >= 15 is 0 Å². The van der Waals surface area contributed by atoms with Crippen LogP contribution in [0.1, 0.15) is 52.4 Å². The van der Waals surface area contributed by atoms with Gasteiger partial charge in [-0.15, -0.1) is 13.2 Å². The minimum absolute atomic E-state index is 0.135. The number of amides is 1. The summed E-state index contributed by atoms with van der Waals surface area (Å²) in [5.41, 5.74) is -2.71. The normalized spacial score (nSPS) is 23.4. The molecule has 0 aromatic heterocycles. The number of hydrogen-bond acceptors (Lipinski definition) is 12. The molecule has 0 bridgehead atoms. The fourth-order valence-electron chi connectivity index (χ4n) is 4.47. The SMILES string of the molecule is C=CC1CC1(C(=O)OCC)C(=O)OCCOC(=O)CCCCCNC(=O)OCCOC(=O)C1(C(=O)OCC)CC1C=C. The van der Waals surface area contributed by atoms with Crippen LogP contribution in [0, 0.1) is 22.7 Å². The predicted molar refractivity (Wildman–Crippen MR) is 145 cm³/mol. The molecule has 0 aliphatic heterocycles. The molecule has 0 aromatic rings. The highest BCUT2D eigenvalue weighted by Crippen LogP contribution is 2.56. The molecular formula is C29H41NO12. The van der Waals surface area contributed by atoms with Crippen LogP contribution in [0.2, 0.25) is 0 Å². The number of carbonyl (C=O) groups is 6. The molecule has 0 radical (unpaired) electrons. The van der Waals surface area contributed by atoms with Gasteiger partial charge in [0.25, 0.3) is 0 Å². The van der Waals surface area contributed by atoms with E-state index in [-0.39, 0.29) is 70.7 Å². The largest absolute Gasteiger partial charge is 0.465 e. The van der Waals surface area contributed by atoms with Crippen molar-refractivity contribution in [2.45, 2.75) is 52.4 Å². The molecule has 1 N–H and O–H groups in total. The van der Waals surface area contributed by atoms with Crippen LogP contribution in [0.5, 0.6) is 0 Å². The quantitative estimate of drug-likeness (QED) is 0.0718. The lowest BCUT2D eigenvalue weighted by Gasteiger charge is -2.14. The summed E-state index contributed by atoms with van der Waals surface area (Å²) in [6.45, 7) is 10.4. The Balaban J connectivity index is 1.48. The summed E-state index contributed by atoms with van der Waals surface area (Å²) < 4.78 is 30.2. The smallest absolute Gasteiger partial charge is 0.407 e. The fraction of sp³-hybridized carbons (Fsp3) is 0.655. The molecule has 0 spiro atoms. The molecule has 2 rings (SSSR count). The van der Waals surface area contributed by atoms with E-state index in [9.17, 15) is 28.8 Å². The third kappa shape index (κ3) is 8.80. The van der Waals surface area contributed by atoms with Crippen molar-refractivity contribution in [1.29, 1.82) is 0 Å². The van der Waals surface area contributed by atoms with Gasteiger partial charge in [0.2, 0.25) is 0 Å². The molecule has 0 aromatic carbocycles. The zero-order chi connectivity index (χ0) is 31.2. The fourth-order valence-corrected chi connectivity index (χ4v) is 4.47. The average molecular weight is 596 g/mol. The molecule has 4 unspecified atom stereocenters. The molecular weight excluding hydrogens is 554 g/mol. The standard InChI is InChI=1S/C29H41NO12/c1-5-20-18-28(20,23(32)37-7-3)25(34)40-15-14-39-22(31)12-10-9-11-13-30-27(36)42-17-16-41-26(35)29(19-21(29)6-2)24(33)38-8-4/h5-6,20-21H,1-2,7-19H2,3-4H3,(H,30,36). The summed E-state index contributed by atoms with van der Waals surface area (Å²) in [7, 11) is 0. The number of rotatable bonds is 20. The van der Waals surface area contributed by atoms with Crippen molar-refractivity contribution in [2.75, 3.05) is 46.2 Å². The molecule has 13 nitrogen and oxygen atoms in total. The first-order valence-electron chi connectivity index (χ1n) is 14.1. The predicted octanol–water partition coefficient (Wildman–Crippen LogP) is 2.41. The maximum absolute atomic E-state index is 12.4. The zero-order valence-corrected chi connectivity index (χ0v) is 24.3. The molecule has 2 fully saturated rings. The molecule has 0 saturated heterocycles. The van der Waals surface area contributed by atoms with Crippen molar-refractivity contribution < 1.29 is 57.2 Å². The Morgan fingerprint density at radius 2 is 1.12 bits per heavy atom. The first-order chi connectivity index (χ1) is 20.1. The van der Waals surface area contributed by atoms with E-state index in [2.05, 4.69) is 18.5 Å². The molecule has 42 heavy (non-hydrogen) atoms. The number of nitrogens with one attached hydrogen (secondary N) is 1. The van der Waals surface area contributed by atoms with E-state index in [1.54, 1.807) is 13.8 Å². The van der Waals surface area contributed by atoms with Crippen LogP contribution >= 0.6 is 0 Å². The van der Waals surface area contributed by atoms with Crippen LogP contribution in [-0.2, 0) is 52.4 Å². The summed E-state index contributed by atoms with van der Waals surface area (Å²) in [4.78, 5) is 72.8. The van der Waals surface area contributed by atoms with E-state index in [4.69, 9.17) is 28.4 Å².